The van der Waals surface area contributed by atoms with Gasteiger partial charge in [0, 0.05) is 10.5 Å². The molecule has 0 aliphatic rings. The van der Waals surface area contributed by atoms with Crippen molar-refractivity contribution in [2.45, 2.75) is 32.9 Å². The summed E-state index contributed by atoms with van der Waals surface area (Å²) < 4.78 is 3.08. The maximum Gasteiger partial charge on any atom is 0.0837 e. The molecule has 0 bridgehead atoms. The molecule has 1 heterocycles. The molecule has 0 aliphatic heterocycles. The molecule has 1 N–H and O–H groups in total. The van der Waals surface area contributed by atoms with Crippen molar-refractivity contribution < 1.29 is 0 Å². The first-order valence-corrected chi connectivity index (χ1v) is 7.79. The highest BCUT2D eigenvalue weighted by atomic mass is 79.9. The summed E-state index contributed by atoms with van der Waals surface area (Å²) in [6.07, 6.45) is 1.72. The van der Waals surface area contributed by atoms with Gasteiger partial charge in [-0.2, -0.15) is 5.10 Å². The molecule has 20 heavy (non-hydrogen) atoms. The SMILES string of the molecule is CNC(c1ccc(Br)c(C)c1)c1c(Cl)cnn1C(C)C. The minimum absolute atomic E-state index is 0.0270. The van der Waals surface area contributed by atoms with Gasteiger partial charge in [-0.1, -0.05) is 39.7 Å². The van der Waals surface area contributed by atoms with Crippen LogP contribution in [-0.4, -0.2) is 16.8 Å². The van der Waals surface area contributed by atoms with Crippen LogP contribution in [0.3, 0.4) is 0 Å². The number of halogens is 2. The Morgan fingerprint density at radius 1 is 1.35 bits per heavy atom. The fraction of sp³-hybridized carbons (Fsp3) is 0.400. The predicted octanol–water partition coefficient (Wildman–Crippen LogP) is 4.50. The summed E-state index contributed by atoms with van der Waals surface area (Å²) in [5.74, 6) is 0. The van der Waals surface area contributed by atoms with E-state index in [0.717, 1.165) is 10.2 Å². The number of aromatic nitrogens is 2. The van der Waals surface area contributed by atoms with Crippen molar-refractivity contribution >= 4 is 27.5 Å². The van der Waals surface area contributed by atoms with Gasteiger partial charge in [-0.15, -0.1) is 0 Å². The van der Waals surface area contributed by atoms with Gasteiger partial charge in [0.1, 0.15) is 0 Å². The van der Waals surface area contributed by atoms with Gasteiger partial charge in [0.05, 0.1) is 23.0 Å². The molecule has 108 valence electrons. The van der Waals surface area contributed by atoms with Crippen LogP contribution in [0.4, 0.5) is 0 Å². The van der Waals surface area contributed by atoms with E-state index in [2.05, 4.69) is 65.3 Å². The second-order valence-electron chi connectivity index (χ2n) is 5.15. The van der Waals surface area contributed by atoms with E-state index in [-0.39, 0.29) is 12.1 Å². The van der Waals surface area contributed by atoms with Gasteiger partial charge in [-0.05, 0) is 45.0 Å². The highest BCUT2D eigenvalue weighted by molar-refractivity contribution is 9.10. The molecule has 1 aromatic heterocycles. The molecule has 0 spiro atoms. The van der Waals surface area contributed by atoms with Gasteiger partial charge >= 0.3 is 0 Å². The van der Waals surface area contributed by atoms with Crippen molar-refractivity contribution in [2.75, 3.05) is 7.05 Å². The minimum atomic E-state index is 0.0270. The van der Waals surface area contributed by atoms with Crippen molar-refractivity contribution in [2.24, 2.45) is 0 Å². The van der Waals surface area contributed by atoms with Gasteiger partial charge in [0.2, 0.25) is 0 Å². The van der Waals surface area contributed by atoms with Crippen molar-refractivity contribution in [3.63, 3.8) is 0 Å². The second kappa shape index (κ2) is 6.29. The number of nitrogens with one attached hydrogen (secondary N) is 1. The Labute approximate surface area is 133 Å². The quantitative estimate of drug-likeness (QED) is 0.874. The molecular formula is C15H19BrClN3. The highest BCUT2D eigenvalue weighted by Gasteiger charge is 2.22. The molecule has 0 amide bonds. The molecule has 0 aliphatic carbocycles. The maximum absolute atomic E-state index is 6.35. The van der Waals surface area contributed by atoms with Crippen LogP contribution >= 0.6 is 27.5 Å². The molecule has 2 aromatic rings. The van der Waals surface area contributed by atoms with Gasteiger partial charge < -0.3 is 5.32 Å². The third-order valence-electron chi connectivity index (χ3n) is 3.35. The van der Waals surface area contributed by atoms with Crippen LogP contribution in [0.5, 0.6) is 0 Å². The molecule has 0 saturated carbocycles. The van der Waals surface area contributed by atoms with Crippen LogP contribution in [0.2, 0.25) is 5.02 Å². The molecule has 5 heteroatoms. The lowest BCUT2D eigenvalue weighted by molar-refractivity contribution is 0.484. The first-order valence-electron chi connectivity index (χ1n) is 6.62. The van der Waals surface area contributed by atoms with Gasteiger partial charge in [0.15, 0.2) is 0 Å². The summed E-state index contributed by atoms with van der Waals surface area (Å²) in [4.78, 5) is 0. The number of aryl methyl sites for hydroxylation is 1. The van der Waals surface area contributed by atoms with Crippen molar-refractivity contribution in [1.82, 2.24) is 15.1 Å². The molecule has 1 atom stereocenters. The zero-order valence-electron chi connectivity index (χ0n) is 12.1. The Morgan fingerprint density at radius 2 is 2.05 bits per heavy atom. The molecule has 0 radical (unpaired) electrons. The standard InChI is InChI=1S/C15H19BrClN3/c1-9(2)20-15(13(17)8-19-20)14(18-4)11-5-6-12(16)10(3)7-11/h5-9,14,18H,1-4H3. The number of hydrogen-bond donors (Lipinski definition) is 1. The second-order valence-corrected chi connectivity index (χ2v) is 6.41. The lowest BCUT2D eigenvalue weighted by atomic mass is 10.0. The third-order valence-corrected chi connectivity index (χ3v) is 4.53. The number of rotatable bonds is 4. The first-order chi connectivity index (χ1) is 9.45. The van der Waals surface area contributed by atoms with Crippen molar-refractivity contribution in [3.05, 3.63) is 50.7 Å². The Balaban J connectivity index is 2.52. The van der Waals surface area contributed by atoms with Crippen LogP contribution in [0.25, 0.3) is 0 Å². The topological polar surface area (TPSA) is 29.9 Å². The van der Waals surface area contributed by atoms with Crippen LogP contribution in [-0.2, 0) is 0 Å². The summed E-state index contributed by atoms with van der Waals surface area (Å²) in [5, 5.41) is 8.42. The Kier molecular flexibility index (Phi) is 4.89. The van der Waals surface area contributed by atoms with Gasteiger partial charge in [0.25, 0.3) is 0 Å². The summed E-state index contributed by atoms with van der Waals surface area (Å²) in [5.41, 5.74) is 3.39. The minimum Gasteiger partial charge on any atom is -0.308 e. The monoisotopic (exact) mass is 355 g/mol. The van der Waals surface area contributed by atoms with E-state index in [4.69, 9.17) is 11.6 Å². The lowest BCUT2D eigenvalue weighted by Crippen LogP contribution is -2.23. The zero-order valence-corrected chi connectivity index (χ0v) is 14.5. The summed E-state index contributed by atoms with van der Waals surface area (Å²) >= 11 is 9.89. The Bertz CT molecular complexity index is 607. The van der Waals surface area contributed by atoms with E-state index in [1.807, 2.05) is 11.7 Å². The Morgan fingerprint density at radius 3 is 2.60 bits per heavy atom. The lowest BCUT2D eigenvalue weighted by Gasteiger charge is -2.21. The van der Waals surface area contributed by atoms with Crippen LogP contribution < -0.4 is 5.32 Å². The zero-order chi connectivity index (χ0) is 14.9. The first kappa shape index (κ1) is 15.5. The largest absolute Gasteiger partial charge is 0.308 e. The average molecular weight is 357 g/mol. The van der Waals surface area contributed by atoms with Crippen LogP contribution in [0.15, 0.2) is 28.9 Å². The number of nitrogens with zero attached hydrogens (tertiary/aromatic N) is 2. The van der Waals surface area contributed by atoms with E-state index in [1.165, 1.54) is 11.1 Å². The fourth-order valence-corrected chi connectivity index (χ4v) is 2.83. The molecule has 2 rings (SSSR count). The molecular weight excluding hydrogens is 338 g/mol. The average Bonchev–Trinajstić information content (AvgIpc) is 2.77. The molecule has 1 unspecified atom stereocenters. The van der Waals surface area contributed by atoms with E-state index in [0.29, 0.717) is 5.02 Å². The molecule has 1 aromatic carbocycles. The molecule has 0 saturated heterocycles. The normalized spacial score (nSPS) is 12.9. The Hall–Kier alpha value is -0.840. The molecule has 0 fully saturated rings. The van der Waals surface area contributed by atoms with Crippen molar-refractivity contribution in [3.8, 4) is 0 Å². The van der Waals surface area contributed by atoms with E-state index in [1.54, 1.807) is 6.20 Å². The van der Waals surface area contributed by atoms with Crippen molar-refractivity contribution in [1.29, 1.82) is 0 Å². The number of benzene rings is 1. The van der Waals surface area contributed by atoms with E-state index >= 15 is 0 Å². The van der Waals surface area contributed by atoms with Crippen LogP contribution in [0.1, 0.15) is 42.8 Å². The maximum atomic E-state index is 6.35. The summed E-state index contributed by atoms with van der Waals surface area (Å²) in [7, 11) is 1.94. The van der Waals surface area contributed by atoms with E-state index < -0.39 is 0 Å². The fourth-order valence-electron chi connectivity index (χ4n) is 2.34. The third kappa shape index (κ3) is 2.92. The van der Waals surface area contributed by atoms with Gasteiger partial charge in [-0.25, -0.2) is 0 Å². The summed E-state index contributed by atoms with van der Waals surface area (Å²) in [6, 6.07) is 6.63. The smallest absolute Gasteiger partial charge is 0.0837 e. The van der Waals surface area contributed by atoms with E-state index in [9.17, 15) is 0 Å². The predicted molar refractivity (Wildman–Crippen MR) is 87.4 cm³/mol. The van der Waals surface area contributed by atoms with Gasteiger partial charge in [-0.3, -0.25) is 4.68 Å². The highest BCUT2D eigenvalue weighted by Crippen LogP contribution is 2.31. The summed E-state index contributed by atoms with van der Waals surface area (Å²) in [6.45, 7) is 6.29. The number of hydrogen-bond acceptors (Lipinski definition) is 2. The molecule has 3 nitrogen and oxygen atoms in total. The van der Waals surface area contributed by atoms with Crippen LogP contribution in [0, 0.1) is 6.92 Å².